The quantitative estimate of drug-likeness (QED) is 0.825. The SMILES string of the molecule is CNC(=O)c1ccccc1NS(=O)(=O)c1ccc(S(C)(=O)=O)cc1. The van der Waals surface area contributed by atoms with Gasteiger partial charge in [-0.25, -0.2) is 16.8 Å². The fourth-order valence-corrected chi connectivity index (χ4v) is 3.68. The summed E-state index contributed by atoms with van der Waals surface area (Å²) in [4.78, 5) is 11.7. The zero-order chi connectivity index (χ0) is 18.0. The molecule has 0 radical (unpaired) electrons. The lowest BCUT2D eigenvalue weighted by Crippen LogP contribution is -2.21. The number of amides is 1. The molecule has 0 aliphatic rings. The van der Waals surface area contributed by atoms with Crippen molar-refractivity contribution in [3.63, 3.8) is 0 Å². The van der Waals surface area contributed by atoms with Crippen molar-refractivity contribution >= 4 is 31.5 Å². The van der Waals surface area contributed by atoms with Crippen molar-refractivity contribution in [3.05, 3.63) is 54.1 Å². The van der Waals surface area contributed by atoms with Gasteiger partial charge in [-0.3, -0.25) is 9.52 Å². The topological polar surface area (TPSA) is 109 Å². The lowest BCUT2D eigenvalue weighted by Gasteiger charge is -2.12. The molecule has 1 amide bonds. The fraction of sp³-hybridized carbons (Fsp3) is 0.133. The van der Waals surface area contributed by atoms with Crippen LogP contribution in [0.5, 0.6) is 0 Å². The summed E-state index contributed by atoms with van der Waals surface area (Å²) in [7, 11) is -5.94. The molecule has 0 aliphatic carbocycles. The molecule has 0 aromatic heterocycles. The highest BCUT2D eigenvalue weighted by molar-refractivity contribution is 7.92. The molecule has 128 valence electrons. The number of carbonyl (C=O) groups excluding carboxylic acids is 1. The van der Waals surface area contributed by atoms with Crippen LogP contribution in [0.25, 0.3) is 0 Å². The van der Waals surface area contributed by atoms with E-state index in [2.05, 4.69) is 10.0 Å². The van der Waals surface area contributed by atoms with Gasteiger partial charge in [0.05, 0.1) is 21.0 Å². The van der Waals surface area contributed by atoms with E-state index in [-0.39, 0.29) is 21.0 Å². The Kier molecular flexibility index (Phi) is 4.95. The Morgan fingerprint density at radius 3 is 1.96 bits per heavy atom. The van der Waals surface area contributed by atoms with Gasteiger partial charge in [-0.05, 0) is 36.4 Å². The summed E-state index contributed by atoms with van der Waals surface area (Å²) in [5.74, 6) is -0.430. The van der Waals surface area contributed by atoms with E-state index in [0.717, 1.165) is 6.26 Å². The summed E-state index contributed by atoms with van der Waals surface area (Å²) in [6, 6.07) is 11.0. The van der Waals surface area contributed by atoms with Crippen molar-refractivity contribution in [2.75, 3.05) is 18.0 Å². The average Bonchev–Trinajstić information content (AvgIpc) is 2.53. The van der Waals surface area contributed by atoms with Gasteiger partial charge in [-0.2, -0.15) is 0 Å². The zero-order valence-electron chi connectivity index (χ0n) is 13.0. The molecule has 0 bridgehead atoms. The Balaban J connectivity index is 2.38. The number of nitrogens with one attached hydrogen (secondary N) is 2. The van der Waals surface area contributed by atoms with Crippen LogP contribution in [0.2, 0.25) is 0 Å². The van der Waals surface area contributed by atoms with Gasteiger partial charge in [0.25, 0.3) is 15.9 Å². The van der Waals surface area contributed by atoms with Gasteiger partial charge in [0, 0.05) is 13.3 Å². The Morgan fingerprint density at radius 2 is 1.42 bits per heavy atom. The highest BCUT2D eigenvalue weighted by atomic mass is 32.2. The Morgan fingerprint density at radius 1 is 0.875 bits per heavy atom. The van der Waals surface area contributed by atoms with Gasteiger partial charge < -0.3 is 5.32 Å². The van der Waals surface area contributed by atoms with Gasteiger partial charge in [-0.15, -0.1) is 0 Å². The second kappa shape index (κ2) is 6.62. The van der Waals surface area contributed by atoms with E-state index in [1.807, 2.05) is 0 Å². The second-order valence-electron chi connectivity index (χ2n) is 4.97. The normalized spacial score (nSPS) is 11.8. The maximum atomic E-state index is 12.4. The molecule has 2 aromatic rings. The van der Waals surface area contributed by atoms with E-state index in [4.69, 9.17) is 0 Å². The van der Waals surface area contributed by atoms with Crippen molar-refractivity contribution in [1.82, 2.24) is 5.32 Å². The van der Waals surface area contributed by atoms with E-state index in [9.17, 15) is 21.6 Å². The largest absolute Gasteiger partial charge is 0.355 e. The minimum absolute atomic E-state index is 0.0206. The molecule has 2 aromatic carbocycles. The summed E-state index contributed by atoms with van der Waals surface area (Å²) in [6.45, 7) is 0. The van der Waals surface area contributed by atoms with Gasteiger partial charge in [-0.1, -0.05) is 12.1 Å². The molecule has 0 fully saturated rings. The average molecular weight is 368 g/mol. The van der Waals surface area contributed by atoms with E-state index < -0.39 is 25.8 Å². The molecule has 0 spiro atoms. The predicted octanol–water partition coefficient (Wildman–Crippen LogP) is 1.25. The number of sulfone groups is 1. The lowest BCUT2D eigenvalue weighted by molar-refractivity contribution is 0.0964. The molecule has 7 nitrogen and oxygen atoms in total. The predicted molar refractivity (Wildman–Crippen MR) is 90.2 cm³/mol. The molecular formula is C15H16N2O5S2. The van der Waals surface area contributed by atoms with Crippen molar-refractivity contribution < 1.29 is 21.6 Å². The summed E-state index contributed by atoms with van der Waals surface area (Å²) >= 11 is 0. The first-order valence-corrected chi connectivity index (χ1v) is 10.2. The number of anilines is 1. The fourth-order valence-electron chi connectivity index (χ4n) is 1.97. The van der Waals surface area contributed by atoms with Crippen molar-refractivity contribution in [3.8, 4) is 0 Å². The molecule has 0 aliphatic heterocycles. The molecule has 0 unspecified atom stereocenters. The van der Waals surface area contributed by atoms with Gasteiger partial charge in [0.2, 0.25) is 0 Å². The Labute approximate surface area is 140 Å². The van der Waals surface area contributed by atoms with E-state index in [1.165, 1.54) is 43.4 Å². The van der Waals surface area contributed by atoms with E-state index in [0.29, 0.717) is 0 Å². The highest BCUT2D eigenvalue weighted by Gasteiger charge is 2.19. The van der Waals surface area contributed by atoms with Crippen LogP contribution in [-0.4, -0.2) is 36.0 Å². The Hall–Kier alpha value is -2.39. The third-order valence-corrected chi connectivity index (χ3v) is 5.72. The minimum Gasteiger partial charge on any atom is -0.355 e. The van der Waals surface area contributed by atoms with Crippen LogP contribution in [-0.2, 0) is 19.9 Å². The number of hydrogen-bond donors (Lipinski definition) is 2. The molecule has 9 heteroatoms. The van der Waals surface area contributed by atoms with E-state index >= 15 is 0 Å². The number of carbonyl (C=O) groups is 1. The van der Waals surface area contributed by atoms with Gasteiger partial charge in [0.1, 0.15) is 0 Å². The van der Waals surface area contributed by atoms with E-state index in [1.54, 1.807) is 12.1 Å². The van der Waals surface area contributed by atoms with Crippen LogP contribution in [0, 0.1) is 0 Å². The maximum absolute atomic E-state index is 12.4. The van der Waals surface area contributed by atoms with Gasteiger partial charge in [0.15, 0.2) is 9.84 Å². The van der Waals surface area contributed by atoms with Crippen LogP contribution in [0.1, 0.15) is 10.4 Å². The molecule has 0 saturated heterocycles. The van der Waals surface area contributed by atoms with Crippen LogP contribution < -0.4 is 10.0 Å². The Bertz CT molecular complexity index is 965. The second-order valence-corrected chi connectivity index (χ2v) is 8.67. The molecule has 2 rings (SSSR count). The summed E-state index contributed by atoms with van der Waals surface area (Å²) < 4.78 is 50.1. The van der Waals surface area contributed by atoms with Crippen LogP contribution >= 0.6 is 0 Å². The zero-order valence-corrected chi connectivity index (χ0v) is 14.6. The van der Waals surface area contributed by atoms with Crippen LogP contribution in [0.15, 0.2) is 58.3 Å². The summed E-state index contributed by atoms with van der Waals surface area (Å²) in [6.07, 6.45) is 1.04. The number of rotatable bonds is 5. The first-order chi connectivity index (χ1) is 11.1. The number of benzene rings is 2. The number of para-hydroxylation sites is 1. The molecule has 0 heterocycles. The smallest absolute Gasteiger partial charge is 0.261 e. The third kappa shape index (κ3) is 3.92. The molecular weight excluding hydrogens is 352 g/mol. The standard InChI is InChI=1S/C15H16N2O5S2/c1-16-15(18)13-5-3-4-6-14(13)17-24(21,22)12-9-7-11(8-10-12)23(2,19)20/h3-10,17H,1-2H3,(H,16,18). The molecule has 0 atom stereocenters. The van der Waals surface area contributed by atoms with Crippen molar-refractivity contribution in [2.24, 2.45) is 0 Å². The summed E-state index contributed by atoms with van der Waals surface area (Å²) in [5, 5.41) is 2.43. The number of sulfonamides is 1. The van der Waals surface area contributed by atoms with Crippen molar-refractivity contribution in [1.29, 1.82) is 0 Å². The lowest BCUT2D eigenvalue weighted by atomic mass is 10.2. The monoisotopic (exact) mass is 368 g/mol. The molecule has 24 heavy (non-hydrogen) atoms. The van der Waals surface area contributed by atoms with Gasteiger partial charge >= 0.3 is 0 Å². The minimum atomic E-state index is -3.96. The van der Waals surface area contributed by atoms with Crippen LogP contribution in [0.3, 0.4) is 0 Å². The first-order valence-electron chi connectivity index (χ1n) is 6.79. The molecule has 2 N–H and O–H groups in total. The first kappa shape index (κ1) is 18.0. The summed E-state index contributed by atoms with van der Waals surface area (Å²) in [5.41, 5.74) is 0.306. The highest BCUT2D eigenvalue weighted by Crippen LogP contribution is 2.21. The maximum Gasteiger partial charge on any atom is 0.261 e. The van der Waals surface area contributed by atoms with Crippen molar-refractivity contribution in [2.45, 2.75) is 9.79 Å². The number of hydrogen-bond acceptors (Lipinski definition) is 5. The third-order valence-electron chi connectivity index (χ3n) is 3.21. The van der Waals surface area contributed by atoms with Crippen LogP contribution in [0.4, 0.5) is 5.69 Å². The molecule has 0 saturated carbocycles.